The van der Waals surface area contributed by atoms with Crippen LogP contribution in [0.5, 0.6) is 0 Å². The van der Waals surface area contributed by atoms with Gasteiger partial charge in [-0.05, 0) is 92.7 Å². The van der Waals surface area contributed by atoms with E-state index in [0.717, 1.165) is 72.1 Å². The molecule has 0 N–H and O–H groups in total. The SMILES string of the molecule is CC1(C)c2ccccc2-c2ccc(N(c3ccc4c(c3)oc3ccccc34)c3cc(-c4ccccc4)cc4oc5ccc6ccccc6c5c34)cc21. The third-order valence-electron chi connectivity index (χ3n) is 11.2. The summed E-state index contributed by atoms with van der Waals surface area (Å²) in [4.78, 5) is 2.41. The molecule has 0 saturated carbocycles. The first-order valence-corrected chi connectivity index (χ1v) is 17.9. The van der Waals surface area contributed by atoms with E-state index in [1.165, 1.54) is 33.0 Å². The van der Waals surface area contributed by atoms with E-state index in [0.29, 0.717) is 0 Å². The van der Waals surface area contributed by atoms with Crippen LogP contribution < -0.4 is 4.90 Å². The van der Waals surface area contributed by atoms with Gasteiger partial charge in [0.1, 0.15) is 22.3 Å². The zero-order valence-corrected chi connectivity index (χ0v) is 28.9. The normalized spacial score (nSPS) is 13.3. The molecule has 0 saturated heterocycles. The van der Waals surface area contributed by atoms with Crippen LogP contribution in [0.4, 0.5) is 17.1 Å². The predicted molar refractivity (Wildman–Crippen MR) is 216 cm³/mol. The number of rotatable bonds is 4. The second-order valence-corrected chi connectivity index (χ2v) is 14.5. The van der Waals surface area contributed by atoms with Gasteiger partial charge in [-0.2, -0.15) is 0 Å². The lowest BCUT2D eigenvalue weighted by Crippen LogP contribution is -2.16. The van der Waals surface area contributed by atoms with Crippen molar-refractivity contribution in [2.45, 2.75) is 19.3 Å². The lowest BCUT2D eigenvalue weighted by atomic mass is 9.82. The molecule has 1 aliphatic carbocycles. The van der Waals surface area contributed by atoms with Gasteiger partial charge in [0, 0.05) is 39.0 Å². The Kier molecular flexibility index (Phi) is 6.01. The Hall–Kier alpha value is -6.58. The van der Waals surface area contributed by atoms with Gasteiger partial charge >= 0.3 is 0 Å². The first kappa shape index (κ1) is 29.2. The number of nitrogens with zero attached hydrogens (tertiary/aromatic N) is 1. The summed E-state index contributed by atoms with van der Waals surface area (Å²) >= 11 is 0. The van der Waals surface area contributed by atoms with Gasteiger partial charge in [0.05, 0.1) is 11.1 Å². The summed E-state index contributed by atoms with van der Waals surface area (Å²) < 4.78 is 13.3. The van der Waals surface area contributed by atoms with Gasteiger partial charge in [-0.3, -0.25) is 0 Å². The summed E-state index contributed by atoms with van der Waals surface area (Å²) in [5, 5.41) is 6.78. The fraction of sp³-hybridized carbons (Fsp3) is 0.0612. The lowest BCUT2D eigenvalue weighted by Gasteiger charge is -2.29. The molecule has 0 radical (unpaired) electrons. The van der Waals surface area contributed by atoms with Gasteiger partial charge in [0.15, 0.2) is 0 Å². The van der Waals surface area contributed by atoms with Gasteiger partial charge in [-0.15, -0.1) is 0 Å². The molecule has 0 spiro atoms. The average molecular weight is 668 g/mol. The highest BCUT2D eigenvalue weighted by atomic mass is 16.3. The molecule has 8 aromatic carbocycles. The van der Waals surface area contributed by atoms with Crippen LogP contribution in [-0.4, -0.2) is 0 Å². The minimum Gasteiger partial charge on any atom is -0.456 e. The molecule has 0 unspecified atom stereocenters. The van der Waals surface area contributed by atoms with Crippen molar-refractivity contribution in [1.29, 1.82) is 0 Å². The van der Waals surface area contributed by atoms with Crippen molar-refractivity contribution in [1.82, 2.24) is 0 Å². The second kappa shape index (κ2) is 10.7. The fourth-order valence-corrected chi connectivity index (χ4v) is 8.73. The van der Waals surface area contributed by atoms with Crippen LogP contribution in [0.15, 0.2) is 173 Å². The van der Waals surface area contributed by atoms with E-state index in [2.05, 4.69) is 170 Å². The van der Waals surface area contributed by atoms with Crippen molar-refractivity contribution in [2.24, 2.45) is 0 Å². The van der Waals surface area contributed by atoms with E-state index >= 15 is 0 Å². The molecule has 1 aliphatic rings. The molecular formula is C49H33NO2. The van der Waals surface area contributed by atoms with Crippen molar-refractivity contribution < 1.29 is 8.83 Å². The van der Waals surface area contributed by atoms with Crippen molar-refractivity contribution in [2.75, 3.05) is 4.90 Å². The Bertz CT molecular complexity index is 3050. The first-order chi connectivity index (χ1) is 25.5. The van der Waals surface area contributed by atoms with Crippen LogP contribution in [0.2, 0.25) is 0 Å². The molecule has 10 aromatic rings. The summed E-state index contributed by atoms with van der Waals surface area (Å²) in [6.45, 7) is 4.69. The minimum absolute atomic E-state index is 0.157. The van der Waals surface area contributed by atoms with E-state index in [9.17, 15) is 0 Å². The molecule has 0 fully saturated rings. The zero-order chi connectivity index (χ0) is 34.6. The Balaban J connectivity index is 1.26. The zero-order valence-electron chi connectivity index (χ0n) is 28.9. The molecule has 2 heterocycles. The number of anilines is 3. The van der Waals surface area contributed by atoms with Crippen LogP contribution >= 0.6 is 0 Å². The van der Waals surface area contributed by atoms with Gasteiger partial charge in [-0.25, -0.2) is 0 Å². The number of para-hydroxylation sites is 1. The monoisotopic (exact) mass is 667 g/mol. The van der Waals surface area contributed by atoms with E-state index < -0.39 is 0 Å². The van der Waals surface area contributed by atoms with Crippen molar-refractivity contribution >= 4 is 71.7 Å². The van der Waals surface area contributed by atoms with Gasteiger partial charge in [-0.1, -0.05) is 123 Å². The first-order valence-electron chi connectivity index (χ1n) is 17.9. The summed E-state index contributed by atoms with van der Waals surface area (Å²) in [6.07, 6.45) is 0. The van der Waals surface area contributed by atoms with Crippen LogP contribution in [0.3, 0.4) is 0 Å². The Morgan fingerprint density at radius 1 is 0.423 bits per heavy atom. The topological polar surface area (TPSA) is 29.5 Å². The molecule has 2 aromatic heterocycles. The quantitative estimate of drug-likeness (QED) is 0.187. The third-order valence-corrected chi connectivity index (χ3v) is 11.2. The molecule has 0 amide bonds. The van der Waals surface area contributed by atoms with Crippen LogP contribution in [0.25, 0.3) is 76.9 Å². The highest BCUT2D eigenvalue weighted by molar-refractivity contribution is 6.24. The summed E-state index contributed by atoms with van der Waals surface area (Å²) in [5.41, 5.74) is 14.0. The Morgan fingerprint density at radius 2 is 1.12 bits per heavy atom. The summed E-state index contributed by atoms with van der Waals surface area (Å²) in [7, 11) is 0. The van der Waals surface area contributed by atoms with E-state index in [1.54, 1.807) is 0 Å². The number of hydrogen-bond acceptors (Lipinski definition) is 3. The van der Waals surface area contributed by atoms with Gasteiger partial charge < -0.3 is 13.7 Å². The smallest absolute Gasteiger partial charge is 0.138 e. The molecule has 0 bridgehead atoms. The maximum absolute atomic E-state index is 6.80. The van der Waals surface area contributed by atoms with E-state index in [1.807, 2.05) is 12.1 Å². The molecule has 0 aliphatic heterocycles. The standard InChI is InChI=1S/C49H33NO2/c1-49(2)40-18-10-8-16-36(40)37-23-21-33(28-41(37)49)50(34-22-24-39-38-17-9-11-19-43(38)51-45(39)29-34)42-26-32(30-12-4-3-5-13-30)27-46-48(42)47-35-15-7-6-14-31(35)20-25-44(47)52-46/h3-29H,1-2H3. The molecule has 52 heavy (non-hydrogen) atoms. The van der Waals surface area contributed by atoms with Crippen molar-refractivity contribution in [3.63, 3.8) is 0 Å². The van der Waals surface area contributed by atoms with E-state index in [-0.39, 0.29) is 5.41 Å². The van der Waals surface area contributed by atoms with Gasteiger partial charge in [0.2, 0.25) is 0 Å². The van der Waals surface area contributed by atoms with Crippen LogP contribution in [0, 0.1) is 0 Å². The molecule has 3 nitrogen and oxygen atoms in total. The molecule has 3 heteroatoms. The number of hydrogen-bond donors (Lipinski definition) is 0. The van der Waals surface area contributed by atoms with Crippen molar-refractivity contribution in [3.8, 4) is 22.3 Å². The van der Waals surface area contributed by atoms with Gasteiger partial charge in [0.25, 0.3) is 0 Å². The number of furan rings is 2. The average Bonchev–Trinajstić information content (AvgIpc) is 3.83. The lowest BCUT2D eigenvalue weighted by molar-refractivity contribution is 0.660. The largest absolute Gasteiger partial charge is 0.456 e. The van der Waals surface area contributed by atoms with Crippen molar-refractivity contribution in [3.05, 3.63) is 175 Å². The number of fused-ring (bicyclic) bond motifs is 11. The molecular weight excluding hydrogens is 635 g/mol. The van der Waals surface area contributed by atoms with E-state index in [4.69, 9.17) is 8.83 Å². The molecule has 11 rings (SSSR count). The summed E-state index contributed by atoms with van der Waals surface area (Å²) in [6, 6.07) is 58.8. The molecule has 0 atom stereocenters. The highest BCUT2D eigenvalue weighted by Gasteiger charge is 2.36. The third kappa shape index (κ3) is 4.14. The molecule has 246 valence electrons. The van der Waals surface area contributed by atoms with Crippen LogP contribution in [0.1, 0.15) is 25.0 Å². The maximum atomic E-state index is 6.80. The highest BCUT2D eigenvalue weighted by Crippen LogP contribution is 2.52. The summed E-state index contributed by atoms with van der Waals surface area (Å²) in [5.74, 6) is 0. The minimum atomic E-state index is -0.157. The Labute approximate surface area is 301 Å². The predicted octanol–water partition coefficient (Wildman–Crippen LogP) is 14.1. The second-order valence-electron chi connectivity index (χ2n) is 14.5. The number of benzene rings is 8. The van der Waals surface area contributed by atoms with Crippen LogP contribution in [-0.2, 0) is 5.41 Å². The maximum Gasteiger partial charge on any atom is 0.138 e. The Morgan fingerprint density at radius 3 is 2.02 bits per heavy atom. The fourth-order valence-electron chi connectivity index (χ4n) is 8.73.